The van der Waals surface area contributed by atoms with Crippen LogP contribution in [0.4, 0.5) is 0 Å². The van der Waals surface area contributed by atoms with Crippen LogP contribution >= 0.6 is 45.3 Å². The maximum absolute atomic E-state index is 11.3. The molecule has 0 aliphatic heterocycles. The molecule has 4 heterocycles. The molecule has 0 N–H and O–H groups in total. The van der Waals surface area contributed by atoms with Gasteiger partial charge in [0.05, 0.1) is 10.8 Å². The van der Waals surface area contributed by atoms with Crippen LogP contribution in [0.25, 0.3) is 29.3 Å². The molecule has 0 saturated carbocycles. The molecule has 0 aliphatic rings. The van der Waals surface area contributed by atoms with Gasteiger partial charge >= 0.3 is 88.7 Å². The summed E-state index contributed by atoms with van der Waals surface area (Å²) in [5.74, 6) is -3.62. The van der Waals surface area contributed by atoms with Crippen molar-refractivity contribution < 1.29 is 118 Å². The van der Waals surface area contributed by atoms with E-state index in [1.165, 1.54) is 40.1 Å². The second-order valence-electron chi connectivity index (χ2n) is 6.45. The molecular weight excluding hydrogens is 545 g/mol. The van der Waals surface area contributed by atoms with Crippen LogP contribution in [0.3, 0.4) is 0 Å². The van der Waals surface area contributed by atoms with Crippen molar-refractivity contribution in [2.24, 2.45) is 0 Å². The number of aliphatic carboxylic acids is 2. The molecule has 0 aliphatic carbocycles. The smallest absolute Gasteiger partial charge is 0.550 e. The third-order valence-electron chi connectivity index (χ3n) is 4.33. The van der Waals surface area contributed by atoms with E-state index in [1.54, 1.807) is 18.2 Å². The summed E-state index contributed by atoms with van der Waals surface area (Å²) in [6, 6.07) is 10.4. The van der Waals surface area contributed by atoms with Crippen molar-refractivity contribution in [3.05, 3.63) is 57.8 Å². The van der Waals surface area contributed by atoms with E-state index in [2.05, 4.69) is 0 Å². The summed E-state index contributed by atoms with van der Waals surface area (Å²) < 4.78 is 0. The Kier molecular flexibility index (Phi) is 13.5. The number of hydrogen-bond acceptors (Lipinski definition) is 10. The van der Waals surface area contributed by atoms with E-state index in [0.717, 1.165) is 35.7 Å². The Morgan fingerprint density at radius 2 is 1.24 bits per heavy atom. The average molecular weight is 557 g/mol. The quantitative estimate of drug-likeness (QED) is 0.199. The van der Waals surface area contributed by atoms with Gasteiger partial charge in [-0.2, -0.15) is 0 Å². The Bertz CT molecular complexity index is 1300. The van der Waals surface area contributed by atoms with Gasteiger partial charge in [-0.3, -0.25) is 0 Å². The Morgan fingerprint density at radius 1 is 0.647 bits per heavy atom. The zero-order valence-electron chi connectivity index (χ0n) is 18.5. The van der Waals surface area contributed by atoms with Crippen LogP contribution in [0.15, 0.2) is 41.8 Å². The molecule has 34 heavy (non-hydrogen) atoms. The zero-order valence-corrected chi connectivity index (χ0v) is 27.8. The van der Waals surface area contributed by atoms with E-state index in [4.69, 9.17) is 0 Å². The van der Waals surface area contributed by atoms with Crippen molar-refractivity contribution in [2.75, 3.05) is 0 Å². The molecule has 0 radical (unpaired) electrons. The largest absolute Gasteiger partial charge is 1.00 e. The van der Waals surface area contributed by atoms with Gasteiger partial charge in [0, 0.05) is 54.0 Å². The van der Waals surface area contributed by atoms with Crippen molar-refractivity contribution >= 4 is 63.3 Å². The molecule has 0 bridgehead atoms. The molecule has 158 valence electrons. The number of carbonyl (C=O) groups excluding carboxylic acids is 3. The molecule has 13 heteroatoms. The van der Waals surface area contributed by atoms with Gasteiger partial charge in [0.1, 0.15) is 0 Å². The average Bonchev–Trinajstić information content (AvgIpc) is 3.46. The Hall–Kier alpha value is 0.210. The maximum Gasteiger partial charge on any atom is 1.00 e. The first-order chi connectivity index (χ1) is 14.8. The summed E-state index contributed by atoms with van der Waals surface area (Å²) in [6.45, 7) is 0. The molecule has 4 rings (SSSR count). The van der Waals surface area contributed by atoms with Crippen molar-refractivity contribution in [1.82, 2.24) is 0 Å². The molecule has 0 amide bonds. The van der Waals surface area contributed by atoms with E-state index in [1.807, 2.05) is 17.5 Å². The number of hydrogen-bond donors (Lipinski definition) is 0. The molecule has 4 aromatic heterocycles. The summed E-state index contributed by atoms with van der Waals surface area (Å²) in [7, 11) is 0. The van der Waals surface area contributed by atoms with Gasteiger partial charge in [0.2, 0.25) is 0 Å². The Labute approximate surface area is 277 Å². The third-order valence-corrected chi connectivity index (χ3v) is 9.17. The predicted molar refractivity (Wildman–Crippen MR) is 116 cm³/mol. The molecule has 0 unspecified atom stereocenters. The molecular formula is C21H11Na3O6S4. The van der Waals surface area contributed by atoms with Crippen LogP contribution in [-0.4, -0.2) is 17.9 Å². The predicted octanol–water partition coefficient (Wildman–Crippen LogP) is -7.11. The van der Waals surface area contributed by atoms with Crippen LogP contribution < -0.4 is 104 Å². The van der Waals surface area contributed by atoms with Gasteiger partial charge in [0.25, 0.3) is 0 Å². The fraction of sp³-hybridized carbons (Fsp3) is 0.0952. The van der Waals surface area contributed by atoms with E-state index < -0.39 is 17.9 Å². The number of carbonyl (C=O) groups is 3. The topological polar surface area (TPSA) is 120 Å². The summed E-state index contributed by atoms with van der Waals surface area (Å²) in [6.07, 6.45) is -0.447. The molecule has 6 nitrogen and oxygen atoms in total. The third kappa shape index (κ3) is 7.61. The minimum atomic E-state index is -1.26. The van der Waals surface area contributed by atoms with Crippen LogP contribution in [-0.2, 0) is 22.4 Å². The first-order valence-corrected chi connectivity index (χ1v) is 12.2. The van der Waals surface area contributed by atoms with Gasteiger partial charge in [-0.25, -0.2) is 0 Å². The van der Waals surface area contributed by atoms with Crippen molar-refractivity contribution in [3.8, 4) is 29.3 Å². The minimum Gasteiger partial charge on any atom is -0.550 e. The number of aromatic carboxylic acids is 1. The van der Waals surface area contributed by atoms with E-state index in [0.29, 0.717) is 16.0 Å². The Morgan fingerprint density at radius 3 is 1.82 bits per heavy atom. The fourth-order valence-electron chi connectivity index (χ4n) is 3.05. The van der Waals surface area contributed by atoms with Crippen molar-refractivity contribution in [1.29, 1.82) is 0 Å². The first kappa shape index (κ1) is 32.2. The van der Waals surface area contributed by atoms with Gasteiger partial charge in [0.15, 0.2) is 0 Å². The second kappa shape index (κ2) is 14.2. The molecule has 0 spiro atoms. The van der Waals surface area contributed by atoms with E-state index >= 15 is 0 Å². The molecule has 0 atom stereocenters. The first-order valence-electron chi connectivity index (χ1n) is 8.82. The number of thiophene rings is 4. The molecule has 0 saturated heterocycles. The summed E-state index contributed by atoms with van der Waals surface area (Å²) in [5, 5.41) is 35.2. The van der Waals surface area contributed by atoms with E-state index in [9.17, 15) is 29.7 Å². The van der Waals surface area contributed by atoms with Crippen LogP contribution in [0, 0.1) is 0 Å². The van der Waals surface area contributed by atoms with Gasteiger partial charge in [-0.1, -0.05) is 0 Å². The Balaban J connectivity index is 0.00000193. The summed E-state index contributed by atoms with van der Waals surface area (Å²) >= 11 is 5.32. The van der Waals surface area contributed by atoms with Crippen molar-refractivity contribution in [2.45, 2.75) is 12.8 Å². The van der Waals surface area contributed by atoms with E-state index in [-0.39, 0.29) is 106 Å². The van der Waals surface area contributed by atoms with Crippen LogP contribution in [0.1, 0.15) is 20.8 Å². The number of carboxylic acids is 3. The number of rotatable bonds is 8. The van der Waals surface area contributed by atoms with Crippen LogP contribution in [0.2, 0.25) is 0 Å². The number of carboxylic acid groups (broad SMARTS) is 3. The van der Waals surface area contributed by atoms with Gasteiger partial charge < -0.3 is 29.7 Å². The monoisotopic (exact) mass is 556 g/mol. The molecule has 0 aromatic carbocycles. The summed E-state index contributed by atoms with van der Waals surface area (Å²) in [4.78, 5) is 38.3. The standard InChI is InChI=1S/C21H14O6S4.3Na/c22-17(23)8-10-5-6-28-19(10)13-2-3-14(30-13)20-11(9-18(24)25)7-16(31-20)12-1-4-15(29-12)21(26)27;;;/h1-7H,8-9H2,(H,22,23)(H,24,25)(H,26,27);;;/q;3*+1/p-3. The van der Waals surface area contributed by atoms with Crippen molar-refractivity contribution in [3.63, 3.8) is 0 Å². The molecule has 4 aromatic rings. The fourth-order valence-corrected chi connectivity index (χ4v) is 7.40. The molecule has 0 fully saturated rings. The maximum atomic E-state index is 11.3. The zero-order chi connectivity index (χ0) is 22.1. The minimum absolute atomic E-state index is 0. The normalized spacial score (nSPS) is 10.0. The van der Waals surface area contributed by atoms with Gasteiger partial charge in [-0.15, -0.1) is 45.3 Å². The second-order valence-corrected chi connectivity index (χ2v) is 10.6. The van der Waals surface area contributed by atoms with Gasteiger partial charge in [-0.05, 0) is 52.9 Å². The van der Waals surface area contributed by atoms with Crippen LogP contribution in [0.5, 0.6) is 0 Å². The SMILES string of the molecule is O=C([O-])Cc1ccsc1-c1ccc(-c2sc(-c3ccc(C(=O)[O-])s3)cc2CC(=O)[O-])s1.[Na+].[Na+].[Na+]. The summed E-state index contributed by atoms with van der Waals surface area (Å²) in [5.41, 5.74) is 1.26.